The number of carbonyl (C=O) groups is 1. The van der Waals surface area contributed by atoms with Crippen LogP contribution < -0.4 is 15.2 Å². The van der Waals surface area contributed by atoms with Crippen LogP contribution in [0.3, 0.4) is 0 Å². The summed E-state index contributed by atoms with van der Waals surface area (Å²) < 4.78 is 15.0. The van der Waals surface area contributed by atoms with E-state index in [1.807, 2.05) is 0 Å². The Morgan fingerprint density at radius 3 is 2.65 bits per heavy atom. The molecule has 1 amide bonds. The predicted octanol–water partition coefficient (Wildman–Crippen LogP) is 1.13. The highest BCUT2D eigenvalue weighted by molar-refractivity contribution is 5.64. The smallest absolute Gasteiger partial charge is 0.404 e. The molecule has 2 N–H and O–H groups in total. The zero-order valence-corrected chi connectivity index (χ0v) is 10.1. The fraction of sp³-hybridized carbons (Fsp3) is 0.455. The summed E-state index contributed by atoms with van der Waals surface area (Å²) in [5, 5.41) is 0. The van der Waals surface area contributed by atoms with E-state index in [4.69, 9.17) is 19.9 Å². The van der Waals surface area contributed by atoms with E-state index in [1.54, 1.807) is 26.2 Å². The lowest BCUT2D eigenvalue weighted by atomic mass is 10.2. The second-order valence-corrected chi connectivity index (χ2v) is 3.45. The number of nitrogens with zero attached hydrogens (tertiary/aromatic N) is 1. The molecule has 1 atom stereocenters. The van der Waals surface area contributed by atoms with Crippen molar-refractivity contribution in [2.45, 2.75) is 19.4 Å². The number of hydrogen-bond acceptors (Lipinski definition) is 5. The highest BCUT2D eigenvalue weighted by Gasteiger charge is 2.13. The van der Waals surface area contributed by atoms with E-state index in [0.717, 1.165) is 0 Å². The first-order valence-electron chi connectivity index (χ1n) is 5.10. The highest BCUT2D eigenvalue weighted by Crippen LogP contribution is 2.21. The van der Waals surface area contributed by atoms with Gasteiger partial charge in [-0.3, -0.25) is 0 Å². The van der Waals surface area contributed by atoms with Crippen LogP contribution in [0.1, 0.15) is 12.6 Å². The van der Waals surface area contributed by atoms with Crippen molar-refractivity contribution in [1.82, 2.24) is 4.98 Å². The number of pyridine rings is 1. The first kappa shape index (κ1) is 13.1. The summed E-state index contributed by atoms with van der Waals surface area (Å²) in [5.41, 5.74) is 5.59. The normalized spacial score (nSPS) is 11.7. The van der Waals surface area contributed by atoms with Crippen LogP contribution in [0, 0.1) is 0 Å². The average molecular weight is 240 g/mol. The van der Waals surface area contributed by atoms with Crippen LogP contribution in [0.15, 0.2) is 12.1 Å². The van der Waals surface area contributed by atoms with Crippen LogP contribution in [-0.4, -0.2) is 31.4 Å². The molecule has 0 saturated heterocycles. The SMILES string of the molecule is COc1ccc(OC)c(CC(C)OC(N)=O)n1. The molecule has 0 aliphatic rings. The van der Waals surface area contributed by atoms with Gasteiger partial charge in [-0.15, -0.1) is 0 Å². The van der Waals surface area contributed by atoms with Gasteiger partial charge in [0.05, 0.1) is 19.9 Å². The molecule has 1 unspecified atom stereocenters. The van der Waals surface area contributed by atoms with Crippen LogP contribution in [0.5, 0.6) is 11.6 Å². The monoisotopic (exact) mass is 240 g/mol. The lowest BCUT2D eigenvalue weighted by Crippen LogP contribution is -2.22. The van der Waals surface area contributed by atoms with Crippen molar-refractivity contribution < 1.29 is 19.0 Å². The molecule has 1 aromatic heterocycles. The van der Waals surface area contributed by atoms with Crippen LogP contribution in [0.2, 0.25) is 0 Å². The number of aromatic nitrogens is 1. The third-order valence-corrected chi connectivity index (χ3v) is 2.13. The van der Waals surface area contributed by atoms with Gasteiger partial charge in [-0.1, -0.05) is 0 Å². The fourth-order valence-electron chi connectivity index (χ4n) is 1.43. The molecule has 0 fully saturated rings. The van der Waals surface area contributed by atoms with E-state index in [-0.39, 0.29) is 6.10 Å². The molecule has 17 heavy (non-hydrogen) atoms. The molecule has 0 spiro atoms. The minimum atomic E-state index is -0.806. The maximum absolute atomic E-state index is 10.6. The van der Waals surface area contributed by atoms with Gasteiger partial charge >= 0.3 is 6.09 Å². The van der Waals surface area contributed by atoms with Gasteiger partial charge in [0.25, 0.3) is 0 Å². The zero-order valence-electron chi connectivity index (χ0n) is 10.1. The topological polar surface area (TPSA) is 83.7 Å². The zero-order chi connectivity index (χ0) is 12.8. The molecule has 6 heteroatoms. The Morgan fingerprint density at radius 2 is 2.12 bits per heavy atom. The van der Waals surface area contributed by atoms with Crippen molar-refractivity contribution in [3.8, 4) is 11.6 Å². The van der Waals surface area contributed by atoms with Crippen molar-refractivity contribution >= 4 is 6.09 Å². The molecule has 0 aliphatic carbocycles. The van der Waals surface area contributed by atoms with E-state index in [9.17, 15) is 4.79 Å². The summed E-state index contributed by atoms with van der Waals surface area (Å²) >= 11 is 0. The Bertz CT molecular complexity index is 395. The third kappa shape index (κ3) is 3.82. The van der Waals surface area contributed by atoms with Crippen molar-refractivity contribution in [2.24, 2.45) is 5.73 Å². The number of carbonyl (C=O) groups excluding carboxylic acids is 1. The molecular weight excluding hydrogens is 224 g/mol. The summed E-state index contributed by atoms with van der Waals surface area (Å²) in [6, 6.07) is 3.44. The van der Waals surface area contributed by atoms with Gasteiger partial charge in [-0.2, -0.15) is 0 Å². The number of ether oxygens (including phenoxy) is 3. The van der Waals surface area contributed by atoms with Crippen molar-refractivity contribution in [3.63, 3.8) is 0 Å². The maximum Gasteiger partial charge on any atom is 0.404 e. The Kier molecular flexibility index (Phi) is 4.56. The molecule has 0 saturated carbocycles. The molecule has 1 rings (SSSR count). The summed E-state index contributed by atoms with van der Waals surface area (Å²) in [7, 11) is 3.08. The molecule has 1 heterocycles. The van der Waals surface area contributed by atoms with Gasteiger partial charge in [0.2, 0.25) is 5.88 Å². The van der Waals surface area contributed by atoms with Gasteiger partial charge < -0.3 is 19.9 Å². The first-order chi connectivity index (χ1) is 8.06. The Labute approximate surface area is 99.7 Å². The largest absolute Gasteiger partial charge is 0.495 e. The second kappa shape index (κ2) is 5.93. The van der Waals surface area contributed by atoms with E-state index < -0.39 is 6.09 Å². The van der Waals surface area contributed by atoms with E-state index >= 15 is 0 Å². The van der Waals surface area contributed by atoms with Crippen molar-refractivity contribution in [2.75, 3.05) is 14.2 Å². The molecule has 0 radical (unpaired) electrons. The minimum Gasteiger partial charge on any atom is -0.495 e. The predicted molar refractivity (Wildman–Crippen MR) is 61.2 cm³/mol. The number of amides is 1. The summed E-state index contributed by atoms with van der Waals surface area (Å²) in [6.07, 6.45) is -0.774. The fourth-order valence-corrected chi connectivity index (χ4v) is 1.43. The third-order valence-electron chi connectivity index (χ3n) is 2.13. The average Bonchev–Trinajstić information content (AvgIpc) is 2.27. The summed E-state index contributed by atoms with van der Waals surface area (Å²) in [4.78, 5) is 14.8. The number of methoxy groups -OCH3 is 2. The van der Waals surface area contributed by atoms with Gasteiger partial charge in [-0.25, -0.2) is 9.78 Å². The lowest BCUT2D eigenvalue weighted by Gasteiger charge is -2.13. The van der Waals surface area contributed by atoms with E-state index in [2.05, 4.69) is 4.98 Å². The number of rotatable bonds is 5. The van der Waals surface area contributed by atoms with Gasteiger partial charge in [-0.05, 0) is 13.0 Å². The van der Waals surface area contributed by atoms with Crippen LogP contribution in [0.25, 0.3) is 0 Å². The quantitative estimate of drug-likeness (QED) is 0.833. The van der Waals surface area contributed by atoms with Crippen LogP contribution in [-0.2, 0) is 11.2 Å². The van der Waals surface area contributed by atoms with Crippen molar-refractivity contribution in [3.05, 3.63) is 17.8 Å². The van der Waals surface area contributed by atoms with Gasteiger partial charge in [0, 0.05) is 12.5 Å². The lowest BCUT2D eigenvalue weighted by molar-refractivity contribution is 0.115. The van der Waals surface area contributed by atoms with Crippen molar-refractivity contribution in [1.29, 1.82) is 0 Å². The Morgan fingerprint density at radius 1 is 1.41 bits per heavy atom. The van der Waals surface area contributed by atoms with E-state index in [0.29, 0.717) is 23.7 Å². The van der Waals surface area contributed by atoms with Crippen LogP contribution in [0.4, 0.5) is 4.79 Å². The highest BCUT2D eigenvalue weighted by atomic mass is 16.6. The first-order valence-corrected chi connectivity index (χ1v) is 5.10. The molecular formula is C11H16N2O4. The second-order valence-electron chi connectivity index (χ2n) is 3.45. The molecule has 6 nitrogen and oxygen atoms in total. The maximum atomic E-state index is 10.6. The molecule has 94 valence electrons. The number of primary amides is 1. The number of nitrogens with two attached hydrogens (primary N) is 1. The molecule has 0 aliphatic heterocycles. The molecule has 0 bridgehead atoms. The standard InChI is InChI=1S/C11H16N2O4/c1-7(17-11(12)14)6-8-9(15-2)4-5-10(13-8)16-3/h4-5,7H,6H2,1-3H3,(H2,12,14). The molecule has 0 aromatic carbocycles. The summed E-state index contributed by atoms with van der Waals surface area (Å²) in [6.45, 7) is 1.73. The van der Waals surface area contributed by atoms with E-state index in [1.165, 1.54) is 7.11 Å². The van der Waals surface area contributed by atoms with Gasteiger partial charge in [0.1, 0.15) is 11.9 Å². The number of hydrogen-bond donors (Lipinski definition) is 1. The van der Waals surface area contributed by atoms with Gasteiger partial charge in [0.15, 0.2) is 0 Å². The minimum absolute atomic E-state index is 0.374. The summed E-state index contributed by atoms with van der Waals surface area (Å²) in [5.74, 6) is 1.10. The molecule has 1 aromatic rings. The van der Waals surface area contributed by atoms with Crippen LogP contribution >= 0.6 is 0 Å². The Balaban J connectivity index is 2.83. The Hall–Kier alpha value is -1.98.